The maximum atomic E-state index is 6.38. The molecule has 1 saturated heterocycles. The molecule has 1 aliphatic heterocycles. The number of rotatable bonds is 6. The summed E-state index contributed by atoms with van der Waals surface area (Å²) in [4.78, 5) is 2.53. The van der Waals surface area contributed by atoms with Crippen LogP contribution in [0, 0.1) is 0 Å². The minimum absolute atomic E-state index is 0.102. The molecule has 0 amide bonds. The van der Waals surface area contributed by atoms with Crippen LogP contribution in [0.15, 0.2) is 24.3 Å². The largest absolute Gasteiger partial charge is 0.494 e. The highest BCUT2D eigenvalue weighted by atomic mass is 16.5. The number of nitrogens with two attached hydrogens (primary N) is 1. The fraction of sp³-hybridized carbons (Fsp3) is 0.667. The van der Waals surface area contributed by atoms with Crippen LogP contribution in [0.4, 0.5) is 0 Å². The molecule has 1 unspecified atom stereocenters. The van der Waals surface area contributed by atoms with Crippen LogP contribution in [0.3, 0.4) is 0 Å². The number of hydrogen-bond donors (Lipinski definition) is 1. The van der Waals surface area contributed by atoms with Crippen molar-refractivity contribution in [3.8, 4) is 5.75 Å². The Morgan fingerprint density at radius 1 is 1.05 bits per heavy atom. The maximum absolute atomic E-state index is 6.38. The number of likely N-dealkylation sites (tertiary alicyclic amines) is 1. The molecule has 0 spiro atoms. The highest BCUT2D eigenvalue weighted by Crippen LogP contribution is 2.19. The molecule has 1 fully saturated rings. The summed E-state index contributed by atoms with van der Waals surface area (Å²) in [6.07, 6.45) is 7.81. The second-order valence-corrected chi connectivity index (χ2v) is 6.09. The molecule has 118 valence electrons. The standard InChI is InChI=1S/C18H30N2O/c1-2-14-21-17-10-8-16(9-11-17)18(19)15-20-12-6-4-3-5-7-13-20/h8-11,18H,2-7,12-15,19H2,1H3. The van der Waals surface area contributed by atoms with Crippen LogP contribution in [-0.4, -0.2) is 31.1 Å². The predicted molar refractivity (Wildman–Crippen MR) is 88.7 cm³/mol. The summed E-state index contributed by atoms with van der Waals surface area (Å²) in [5.41, 5.74) is 7.59. The Morgan fingerprint density at radius 3 is 2.29 bits per heavy atom. The molecular weight excluding hydrogens is 260 g/mol. The summed E-state index contributed by atoms with van der Waals surface area (Å²) in [7, 11) is 0. The van der Waals surface area contributed by atoms with E-state index in [2.05, 4.69) is 24.0 Å². The van der Waals surface area contributed by atoms with Gasteiger partial charge in [-0.3, -0.25) is 0 Å². The molecule has 21 heavy (non-hydrogen) atoms. The van der Waals surface area contributed by atoms with Gasteiger partial charge >= 0.3 is 0 Å². The molecule has 0 bridgehead atoms. The third-order valence-electron chi connectivity index (χ3n) is 4.18. The van der Waals surface area contributed by atoms with E-state index in [0.717, 1.165) is 25.3 Å². The maximum Gasteiger partial charge on any atom is 0.119 e. The lowest BCUT2D eigenvalue weighted by molar-refractivity contribution is 0.234. The Labute approximate surface area is 129 Å². The molecule has 1 aromatic carbocycles. The van der Waals surface area contributed by atoms with E-state index < -0.39 is 0 Å². The molecule has 1 atom stereocenters. The number of hydrogen-bond acceptors (Lipinski definition) is 3. The zero-order valence-electron chi connectivity index (χ0n) is 13.4. The molecule has 0 aliphatic carbocycles. The number of nitrogens with zero attached hydrogens (tertiary/aromatic N) is 1. The highest BCUT2D eigenvalue weighted by molar-refractivity contribution is 5.29. The van der Waals surface area contributed by atoms with Gasteiger partial charge in [0.1, 0.15) is 5.75 Å². The predicted octanol–water partition coefficient (Wildman–Crippen LogP) is 3.74. The number of ether oxygens (including phenoxy) is 1. The summed E-state index contributed by atoms with van der Waals surface area (Å²) in [5.74, 6) is 0.944. The second-order valence-electron chi connectivity index (χ2n) is 6.09. The molecule has 1 aromatic rings. The quantitative estimate of drug-likeness (QED) is 0.867. The van der Waals surface area contributed by atoms with Gasteiger partial charge in [-0.05, 0) is 50.0 Å². The molecule has 3 heteroatoms. The molecule has 2 N–H and O–H groups in total. The lowest BCUT2D eigenvalue weighted by atomic mass is 10.0. The third kappa shape index (κ3) is 5.68. The molecular formula is C18H30N2O. The van der Waals surface area contributed by atoms with E-state index in [1.54, 1.807) is 0 Å². The van der Waals surface area contributed by atoms with Gasteiger partial charge in [-0.1, -0.05) is 38.3 Å². The molecule has 0 saturated carbocycles. The van der Waals surface area contributed by atoms with E-state index in [9.17, 15) is 0 Å². The zero-order valence-corrected chi connectivity index (χ0v) is 13.4. The first kappa shape index (κ1) is 16.3. The summed E-state index contributed by atoms with van der Waals surface area (Å²) in [5, 5.41) is 0. The minimum Gasteiger partial charge on any atom is -0.494 e. The molecule has 3 nitrogen and oxygen atoms in total. The second kappa shape index (κ2) is 9.06. The highest BCUT2D eigenvalue weighted by Gasteiger charge is 2.13. The van der Waals surface area contributed by atoms with Crippen molar-refractivity contribution in [2.45, 2.75) is 51.5 Å². The molecule has 1 heterocycles. The van der Waals surface area contributed by atoms with Crippen molar-refractivity contribution in [2.75, 3.05) is 26.2 Å². The monoisotopic (exact) mass is 290 g/mol. The van der Waals surface area contributed by atoms with E-state index in [0.29, 0.717) is 0 Å². The van der Waals surface area contributed by atoms with Gasteiger partial charge in [0, 0.05) is 12.6 Å². The average Bonchev–Trinajstić information content (AvgIpc) is 2.48. The Morgan fingerprint density at radius 2 is 1.67 bits per heavy atom. The van der Waals surface area contributed by atoms with Gasteiger partial charge in [0.05, 0.1) is 6.61 Å². The third-order valence-corrected chi connectivity index (χ3v) is 4.18. The topological polar surface area (TPSA) is 38.5 Å². The fourth-order valence-corrected chi connectivity index (χ4v) is 2.91. The van der Waals surface area contributed by atoms with Crippen LogP contribution in [0.25, 0.3) is 0 Å². The van der Waals surface area contributed by atoms with Crippen molar-refractivity contribution < 1.29 is 4.74 Å². The summed E-state index contributed by atoms with van der Waals surface area (Å²) < 4.78 is 5.62. The lowest BCUT2D eigenvalue weighted by Crippen LogP contribution is -2.34. The van der Waals surface area contributed by atoms with Crippen molar-refractivity contribution >= 4 is 0 Å². The van der Waals surface area contributed by atoms with Crippen molar-refractivity contribution in [1.82, 2.24) is 4.90 Å². The Kier molecular flexibility index (Phi) is 7.04. The Bertz CT molecular complexity index is 383. The zero-order chi connectivity index (χ0) is 14.9. The van der Waals surface area contributed by atoms with E-state index in [4.69, 9.17) is 10.5 Å². The van der Waals surface area contributed by atoms with Gasteiger partial charge in [-0.15, -0.1) is 0 Å². The minimum atomic E-state index is 0.102. The van der Waals surface area contributed by atoms with Crippen LogP contribution in [-0.2, 0) is 0 Å². The smallest absolute Gasteiger partial charge is 0.119 e. The molecule has 0 aromatic heterocycles. The number of benzene rings is 1. The molecule has 1 aliphatic rings. The summed E-state index contributed by atoms with van der Waals surface area (Å²) in [6.45, 7) is 6.26. The van der Waals surface area contributed by atoms with Crippen molar-refractivity contribution in [2.24, 2.45) is 5.73 Å². The summed E-state index contributed by atoms with van der Waals surface area (Å²) in [6, 6.07) is 8.40. The van der Waals surface area contributed by atoms with E-state index in [1.807, 2.05) is 12.1 Å². The Balaban J connectivity index is 1.85. The van der Waals surface area contributed by atoms with Crippen molar-refractivity contribution in [1.29, 1.82) is 0 Å². The van der Waals surface area contributed by atoms with Crippen LogP contribution in [0.5, 0.6) is 5.75 Å². The molecule has 0 radical (unpaired) electrons. The first-order valence-electron chi connectivity index (χ1n) is 8.50. The average molecular weight is 290 g/mol. The van der Waals surface area contributed by atoms with Crippen molar-refractivity contribution in [3.63, 3.8) is 0 Å². The van der Waals surface area contributed by atoms with Crippen LogP contribution < -0.4 is 10.5 Å². The molecule has 2 rings (SSSR count). The van der Waals surface area contributed by atoms with Crippen molar-refractivity contribution in [3.05, 3.63) is 29.8 Å². The first-order valence-corrected chi connectivity index (χ1v) is 8.50. The van der Waals surface area contributed by atoms with Crippen LogP contribution >= 0.6 is 0 Å². The SMILES string of the molecule is CCCOc1ccc(C(N)CN2CCCCCCC2)cc1. The van der Waals surface area contributed by atoms with E-state index in [1.165, 1.54) is 50.8 Å². The van der Waals surface area contributed by atoms with Crippen LogP contribution in [0.2, 0.25) is 0 Å². The summed E-state index contributed by atoms with van der Waals surface area (Å²) >= 11 is 0. The lowest BCUT2D eigenvalue weighted by Gasteiger charge is -2.27. The normalized spacial score (nSPS) is 18.8. The van der Waals surface area contributed by atoms with Gasteiger partial charge < -0.3 is 15.4 Å². The fourth-order valence-electron chi connectivity index (χ4n) is 2.91. The Hall–Kier alpha value is -1.06. The first-order chi connectivity index (χ1) is 10.3. The van der Waals surface area contributed by atoms with Gasteiger partial charge in [-0.25, -0.2) is 0 Å². The van der Waals surface area contributed by atoms with Gasteiger partial charge in [0.15, 0.2) is 0 Å². The van der Waals surface area contributed by atoms with Crippen LogP contribution in [0.1, 0.15) is 57.1 Å². The van der Waals surface area contributed by atoms with Gasteiger partial charge in [0.2, 0.25) is 0 Å². The van der Waals surface area contributed by atoms with E-state index in [-0.39, 0.29) is 6.04 Å². The van der Waals surface area contributed by atoms with Gasteiger partial charge in [0.25, 0.3) is 0 Å². The van der Waals surface area contributed by atoms with E-state index >= 15 is 0 Å². The van der Waals surface area contributed by atoms with Gasteiger partial charge in [-0.2, -0.15) is 0 Å².